The van der Waals surface area contributed by atoms with Crippen LogP contribution < -0.4 is 15.4 Å². The molecule has 4 atom stereocenters. The van der Waals surface area contributed by atoms with Crippen LogP contribution in [-0.4, -0.2) is 24.2 Å². The molecular weight excluding hydrogens is 366 g/mol. The molecular formula is C23H27N3OS. The minimum absolute atomic E-state index is 0.333. The van der Waals surface area contributed by atoms with E-state index in [-0.39, 0.29) is 0 Å². The number of nitrogens with two attached hydrogens (primary N) is 1. The number of benzene rings is 1. The number of methoxy groups -OCH3 is 1. The zero-order valence-corrected chi connectivity index (χ0v) is 17.3. The van der Waals surface area contributed by atoms with Crippen molar-refractivity contribution in [3.63, 3.8) is 0 Å². The minimum atomic E-state index is 0.333. The third-order valence-electron chi connectivity index (χ3n) is 6.67. The first-order valence-electron chi connectivity index (χ1n) is 10.1. The number of rotatable bonds is 5. The van der Waals surface area contributed by atoms with Crippen LogP contribution in [-0.2, 0) is 6.54 Å². The van der Waals surface area contributed by atoms with Gasteiger partial charge in [0.1, 0.15) is 11.6 Å². The molecule has 1 aromatic carbocycles. The molecule has 146 valence electrons. The maximum Gasteiger partial charge on any atom is 0.130 e. The second kappa shape index (κ2) is 7.05. The van der Waals surface area contributed by atoms with E-state index in [4.69, 9.17) is 15.5 Å². The summed E-state index contributed by atoms with van der Waals surface area (Å²) in [4.78, 5) is 7.61. The number of pyridine rings is 1. The zero-order chi connectivity index (χ0) is 19.3. The van der Waals surface area contributed by atoms with Crippen molar-refractivity contribution in [1.29, 1.82) is 0 Å². The standard InChI is InChI=1S/C23H27N3OS/c1-14-7-23(25-21-4-3-17(27-2)11-18(14)21)26(12-15-5-6-28-13-15)22-10-16-8-19(22)20(24)9-16/h3-7,11,13,16,19-20,22H,8-10,12,24H2,1-2H3/t16-,19+,20-,22-/m0/s1. The smallest absolute Gasteiger partial charge is 0.130 e. The Balaban J connectivity index is 1.56. The van der Waals surface area contributed by atoms with E-state index in [1.165, 1.54) is 30.4 Å². The van der Waals surface area contributed by atoms with Crippen LogP contribution in [0.4, 0.5) is 5.82 Å². The normalized spacial score (nSPS) is 26.1. The average molecular weight is 394 g/mol. The molecule has 3 aromatic rings. The first-order chi connectivity index (χ1) is 13.6. The lowest BCUT2D eigenvalue weighted by atomic mass is 9.89. The van der Waals surface area contributed by atoms with Crippen LogP contribution in [0, 0.1) is 18.8 Å². The lowest BCUT2D eigenvalue weighted by Gasteiger charge is -2.38. The Morgan fingerprint density at radius 2 is 2.11 bits per heavy atom. The molecule has 0 spiro atoms. The fraction of sp³-hybridized carbons (Fsp3) is 0.435. The highest BCUT2D eigenvalue weighted by atomic mass is 32.1. The molecule has 28 heavy (non-hydrogen) atoms. The number of nitrogens with zero attached hydrogens (tertiary/aromatic N) is 2. The van der Waals surface area contributed by atoms with Gasteiger partial charge in [-0.3, -0.25) is 0 Å². The molecule has 2 aromatic heterocycles. The summed E-state index contributed by atoms with van der Waals surface area (Å²) in [7, 11) is 1.71. The molecule has 2 fully saturated rings. The molecule has 2 bridgehead atoms. The number of fused-ring (bicyclic) bond motifs is 3. The second-order valence-electron chi connectivity index (χ2n) is 8.41. The van der Waals surface area contributed by atoms with Gasteiger partial charge in [0, 0.05) is 24.0 Å². The first-order valence-corrected chi connectivity index (χ1v) is 11.1. The van der Waals surface area contributed by atoms with Gasteiger partial charge >= 0.3 is 0 Å². The molecule has 2 N–H and O–H groups in total. The molecule has 5 heteroatoms. The molecule has 0 amide bonds. The van der Waals surface area contributed by atoms with Crippen molar-refractivity contribution in [2.75, 3.05) is 12.0 Å². The summed E-state index contributed by atoms with van der Waals surface area (Å²) in [5.41, 5.74) is 10.1. The van der Waals surface area contributed by atoms with Gasteiger partial charge in [-0.05, 0) is 90.2 Å². The average Bonchev–Trinajstić information content (AvgIpc) is 3.42. The van der Waals surface area contributed by atoms with Gasteiger partial charge in [-0.1, -0.05) is 0 Å². The summed E-state index contributed by atoms with van der Waals surface area (Å²) in [6.45, 7) is 3.07. The Labute approximate surface area is 170 Å². The van der Waals surface area contributed by atoms with Gasteiger partial charge in [-0.2, -0.15) is 11.3 Å². The van der Waals surface area contributed by atoms with Gasteiger partial charge < -0.3 is 15.4 Å². The highest BCUT2D eigenvalue weighted by molar-refractivity contribution is 7.07. The Bertz CT molecular complexity index is 987. The van der Waals surface area contributed by atoms with Crippen LogP contribution in [0.25, 0.3) is 10.9 Å². The minimum Gasteiger partial charge on any atom is -0.497 e. The van der Waals surface area contributed by atoms with Crippen molar-refractivity contribution in [2.45, 2.75) is 44.8 Å². The number of aryl methyl sites for hydroxylation is 1. The van der Waals surface area contributed by atoms with Crippen molar-refractivity contribution in [1.82, 2.24) is 4.98 Å². The molecule has 4 nitrogen and oxygen atoms in total. The zero-order valence-electron chi connectivity index (χ0n) is 16.5. The highest BCUT2D eigenvalue weighted by Crippen LogP contribution is 2.47. The number of aromatic nitrogens is 1. The summed E-state index contributed by atoms with van der Waals surface area (Å²) >= 11 is 1.76. The van der Waals surface area contributed by atoms with Crippen LogP contribution in [0.2, 0.25) is 0 Å². The maximum atomic E-state index is 6.49. The van der Waals surface area contributed by atoms with Gasteiger partial charge in [-0.25, -0.2) is 4.98 Å². The molecule has 0 unspecified atom stereocenters. The molecule has 2 heterocycles. The van der Waals surface area contributed by atoms with Gasteiger partial charge in [0.15, 0.2) is 0 Å². The largest absolute Gasteiger partial charge is 0.497 e. The van der Waals surface area contributed by atoms with Gasteiger partial charge in [0.25, 0.3) is 0 Å². The quantitative estimate of drug-likeness (QED) is 0.680. The van der Waals surface area contributed by atoms with Gasteiger partial charge in [0.05, 0.1) is 12.6 Å². The fourth-order valence-corrected chi connectivity index (χ4v) is 5.96. The van der Waals surface area contributed by atoms with E-state index in [0.717, 1.165) is 34.9 Å². The van der Waals surface area contributed by atoms with E-state index in [1.807, 2.05) is 6.07 Å². The van der Waals surface area contributed by atoms with Crippen LogP contribution in [0.5, 0.6) is 5.75 Å². The van der Waals surface area contributed by atoms with E-state index < -0.39 is 0 Å². The maximum absolute atomic E-state index is 6.49. The Kier molecular flexibility index (Phi) is 4.52. The molecule has 2 saturated carbocycles. The number of hydrogen-bond donors (Lipinski definition) is 1. The van der Waals surface area contributed by atoms with E-state index in [0.29, 0.717) is 18.0 Å². The van der Waals surface area contributed by atoms with Crippen molar-refractivity contribution in [3.8, 4) is 5.75 Å². The van der Waals surface area contributed by atoms with Crippen LogP contribution in [0.15, 0.2) is 41.1 Å². The molecule has 5 rings (SSSR count). The molecule has 0 aliphatic heterocycles. The number of thiophene rings is 1. The molecule has 0 radical (unpaired) electrons. The Hall–Kier alpha value is -2.11. The topological polar surface area (TPSA) is 51.4 Å². The van der Waals surface area contributed by atoms with Crippen LogP contribution in [0.1, 0.15) is 30.4 Å². The second-order valence-corrected chi connectivity index (χ2v) is 9.19. The van der Waals surface area contributed by atoms with Gasteiger partial charge in [0.2, 0.25) is 0 Å². The van der Waals surface area contributed by atoms with Crippen molar-refractivity contribution in [3.05, 3.63) is 52.2 Å². The predicted octanol–water partition coefficient (Wildman–Crippen LogP) is 4.75. The summed E-state index contributed by atoms with van der Waals surface area (Å²) < 4.78 is 5.40. The van der Waals surface area contributed by atoms with Gasteiger partial charge in [-0.15, -0.1) is 0 Å². The van der Waals surface area contributed by atoms with Crippen molar-refractivity contribution in [2.24, 2.45) is 17.6 Å². The Morgan fingerprint density at radius 1 is 1.21 bits per heavy atom. The monoisotopic (exact) mass is 393 g/mol. The van der Waals surface area contributed by atoms with Crippen molar-refractivity contribution < 1.29 is 4.74 Å². The first kappa shape index (κ1) is 18.0. The van der Waals surface area contributed by atoms with E-state index in [2.05, 4.69) is 46.8 Å². The summed E-state index contributed by atoms with van der Waals surface area (Å²) in [6.07, 6.45) is 3.71. The predicted molar refractivity (Wildman–Crippen MR) is 116 cm³/mol. The molecule has 0 saturated heterocycles. The Morgan fingerprint density at radius 3 is 2.82 bits per heavy atom. The molecule has 2 aliphatic rings. The molecule has 2 aliphatic carbocycles. The van der Waals surface area contributed by atoms with Crippen molar-refractivity contribution >= 4 is 28.1 Å². The lowest BCUT2D eigenvalue weighted by Crippen LogP contribution is -2.46. The summed E-state index contributed by atoms with van der Waals surface area (Å²) in [5.74, 6) is 3.31. The third kappa shape index (κ3) is 3.07. The van der Waals surface area contributed by atoms with E-state index in [1.54, 1.807) is 18.4 Å². The van der Waals surface area contributed by atoms with E-state index in [9.17, 15) is 0 Å². The van der Waals surface area contributed by atoms with Crippen LogP contribution >= 0.6 is 11.3 Å². The summed E-state index contributed by atoms with van der Waals surface area (Å²) in [5, 5.41) is 5.56. The lowest BCUT2D eigenvalue weighted by molar-refractivity contribution is 0.347. The SMILES string of the molecule is COc1ccc2nc(N(Cc3ccsc3)[C@H]3C[C@H]4C[C@@H]3[C@@H](N)C4)cc(C)c2c1. The van der Waals surface area contributed by atoms with Crippen LogP contribution in [0.3, 0.4) is 0 Å². The number of anilines is 1. The number of hydrogen-bond acceptors (Lipinski definition) is 5. The summed E-state index contributed by atoms with van der Waals surface area (Å²) in [6, 6.07) is 11.4. The van der Waals surface area contributed by atoms with E-state index >= 15 is 0 Å². The fourth-order valence-electron chi connectivity index (χ4n) is 5.30. The highest BCUT2D eigenvalue weighted by Gasteiger charge is 2.47. The number of ether oxygens (including phenoxy) is 1. The third-order valence-corrected chi connectivity index (χ3v) is 7.40.